The summed E-state index contributed by atoms with van der Waals surface area (Å²) in [4.78, 5) is 8.62. The number of methoxy groups -OCH3 is 1. The first-order valence-corrected chi connectivity index (χ1v) is 7.99. The van der Waals surface area contributed by atoms with Crippen molar-refractivity contribution in [3.8, 4) is 11.5 Å². The van der Waals surface area contributed by atoms with E-state index in [1.165, 1.54) is 11.3 Å². The second-order valence-corrected chi connectivity index (χ2v) is 6.04. The van der Waals surface area contributed by atoms with Crippen LogP contribution < -0.4 is 4.74 Å². The molecule has 0 amide bonds. The zero-order chi connectivity index (χ0) is 16.5. The zero-order valence-electron chi connectivity index (χ0n) is 12.7. The van der Waals surface area contributed by atoms with Crippen molar-refractivity contribution in [3.63, 3.8) is 0 Å². The maximum Gasteiger partial charge on any atom is 0.231 e. The van der Waals surface area contributed by atoms with Crippen LogP contribution >= 0.6 is 11.3 Å². The number of phenolic OH excluding ortho intramolecular Hbond substituents is 1. The summed E-state index contributed by atoms with van der Waals surface area (Å²) in [6, 6.07) is 12.6. The molecule has 2 aromatic heterocycles. The van der Waals surface area contributed by atoms with E-state index < -0.39 is 0 Å². The number of fused-ring (bicyclic) bond motifs is 2. The third-order valence-electron chi connectivity index (χ3n) is 3.55. The number of ether oxygens (including phenoxy) is 1. The summed E-state index contributed by atoms with van der Waals surface area (Å²) in [7, 11) is 1.62. The van der Waals surface area contributed by atoms with Gasteiger partial charge in [-0.25, -0.2) is 4.98 Å². The Labute approximate surface area is 141 Å². The minimum atomic E-state index is 0.122. The van der Waals surface area contributed by atoms with Crippen molar-refractivity contribution in [3.05, 3.63) is 48.7 Å². The molecule has 0 aliphatic carbocycles. The molecule has 0 aliphatic heterocycles. The normalized spacial score (nSPS) is 11.5. The largest absolute Gasteiger partial charge is 0.506 e. The molecule has 0 radical (unpaired) electrons. The highest BCUT2D eigenvalue weighted by Crippen LogP contribution is 2.34. The average molecular weight is 336 g/mol. The molecule has 1 N–H and O–H groups in total. The van der Waals surface area contributed by atoms with Crippen molar-refractivity contribution in [1.82, 2.24) is 9.97 Å². The fourth-order valence-electron chi connectivity index (χ4n) is 2.39. The topological polar surface area (TPSA) is 80.0 Å². The number of aromatic nitrogens is 2. The quantitative estimate of drug-likeness (QED) is 0.535. The molecular formula is C17H12N4O2S. The van der Waals surface area contributed by atoms with Gasteiger partial charge in [0.05, 0.1) is 23.0 Å². The molecule has 2 aromatic carbocycles. The molecule has 24 heavy (non-hydrogen) atoms. The summed E-state index contributed by atoms with van der Waals surface area (Å²) < 4.78 is 6.22. The predicted molar refractivity (Wildman–Crippen MR) is 93.8 cm³/mol. The molecule has 0 saturated heterocycles. The number of benzene rings is 2. The number of pyridine rings is 1. The maximum atomic E-state index is 9.87. The van der Waals surface area contributed by atoms with E-state index in [2.05, 4.69) is 20.2 Å². The van der Waals surface area contributed by atoms with Gasteiger partial charge in [-0.15, -0.1) is 10.2 Å². The van der Waals surface area contributed by atoms with Gasteiger partial charge in [0, 0.05) is 17.6 Å². The van der Waals surface area contributed by atoms with Gasteiger partial charge in [0.1, 0.15) is 17.0 Å². The number of aromatic hydroxyl groups is 1. The molecule has 2 heterocycles. The Morgan fingerprint density at radius 2 is 2.04 bits per heavy atom. The second kappa shape index (κ2) is 5.86. The molecule has 118 valence electrons. The molecule has 0 fully saturated rings. The maximum absolute atomic E-state index is 9.87. The number of rotatable bonds is 3. The third kappa shape index (κ3) is 2.55. The van der Waals surface area contributed by atoms with Crippen LogP contribution in [0.5, 0.6) is 11.5 Å². The second-order valence-electron chi connectivity index (χ2n) is 5.03. The molecule has 0 spiro atoms. The summed E-state index contributed by atoms with van der Waals surface area (Å²) in [5.74, 6) is 0.878. The highest BCUT2D eigenvalue weighted by atomic mass is 32.1. The fraction of sp³-hybridized carbons (Fsp3) is 0.0588. The zero-order valence-corrected chi connectivity index (χ0v) is 13.5. The smallest absolute Gasteiger partial charge is 0.231 e. The fourth-order valence-corrected chi connectivity index (χ4v) is 3.16. The summed E-state index contributed by atoms with van der Waals surface area (Å²) >= 11 is 1.45. The van der Waals surface area contributed by atoms with Crippen molar-refractivity contribution in [2.24, 2.45) is 10.2 Å². The minimum absolute atomic E-state index is 0.122. The van der Waals surface area contributed by atoms with Crippen LogP contribution in [0.1, 0.15) is 0 Å². The van der Waals surface area contributed by atoms with E-state index in [1.54, 1.807) is 31.5 Å². The molecule has 7 heteroatoms. The van der Waals surface area contributed by atoms with E-state index >= 15 is 0 Å². The molecule has 0 bridgehead atoms. The van der Waals surface area contributed by atoms with E-state index in [0.717, 1.165) is 21.4 Å². The average Bonchev–Trinajstić information content (AvgIpc) is 3.03. The van der Waals surface area contributed by atoms with Crippen LogP contribution in [0.4, 0.5) is 10.8 Å². The highest BCUT2D eigenvalue weighted by Gasteiger charge is 2.07. The number of thiazole rings is 1. The van der Waals surface area contributed by atoms with Crippen LogP contribution in [0.3, 0.4) is 0 Å². The van der Waals surface area contributed by atoms with Crippen molar-refractivity contribution < 1.29 is 9.84 Å². The number of phenols is 1. The van der Waals surface area contributed by atoms with E-state index in [0.29, 0.717) is 16.3 Å². The third-order valence-corrected chi connectivity index (χ3v) is 4.47. The van der Waals surface area contributed by atoms with Crippen molar-refractivity contribution in [1.29, 1.82) is 0 Å². The number of nitrogens with zero attached hydrogens (tertiary/aromatic N) is 4. The van der Waals surface area contributed by atoms with Gasteiger partial charge in [0.2, 0.25) is 5.13 Å². The van der Waals surface area contributed by atoms with Crippen molar-refractivity contribution in [2.45, 2.75) is 0 Å². The van der Waals surface area contributed by atoms with Crippen LogP contribution in [0.15, 0.2) is 58.9 Å². The molecule has 6 nitrogen and oxygen atoms in total. The molecule has 4 rings (SSSR count). The van der Waals surface area contributed by atoms with Gasteiger partial charge < -0.3 is 9.84 Å². The Morgan fingerprint density at radius 1 is 1.12 bits per heavy atom. The summed E-state index contributed by atoms with van der Waals surface area (Å²) in [5, 5.41) is 19.7. The standard InChI is InChI=1S/C17H12N4O2S/c1-23-10-4-7-15-13(9-10)19-17(24-15)21-20-12-5-6-14(22)16-11(12)3-2-8-18-16/h2-9,22H,1H3. The predicted octanol–water partition coefficient (Wildman–Crippen LogP) is 4.97. The van der Waals surface area contributed by atoms with E-state index in [9.17, 15) is 5.11 Å². The molecule has 0 unspecified atom stereocenters. The van der Waals surface area contributed by atoms with E-state index in [-0.39, 0.29) is 5.75 Å². The van der Waals surface area contributed by atoms with Gasteiger partial charge in [-0.05, 0) is 36.4 Å². The Hall–Kier alpha value is -3.06. The van der Waals surface area contributed by atoms with Gasteiger partial charge in [-0.2, -0.15) is 0 Å². The lowest BCUT2D eigenvalue weighted by Crippen LogP contribution is -1.80. The van der Waals surface area contributed by atoms with Crippen molar-refractivity contribution in [2.75, 3.05) is 7.11 Å². The SMILES string of the molecule is COc1ccc2sc(N=Nc3ccc(O)c4ncccc34)nc2c1. The molecule has 0 saturated carbocycles. The first-order valence-electron chi connectivity index (χ1n) is 7.17. The van der Waals surface area contributed by atoms with E-state index in [1.807, 2.05) is 24.3 Å². The van der Waals surface area contributed by atoms with Gasteiger partial charge in [-0.3, -0.25) is 4.98 Å². The first-order chi connectivity index (χ1) is 11.7. The molecule has 0 atom stereocenters. The van der Waals surface area contributed by atoms with Crippen LogP contribution in [-0.2, 0) is 0 Å². The van der Waals surface area contributed by atoms with Crippen LogP contribution in [0, 0.1) is 0 Å². The van der Waals surface area contributed by atoms with Crippen LogP contribution in [0.25, 0.3) is 21.1 Å². The Kier molecular flexibility index (Phi) is 3.55. The minimum Gasteiger partial charge on any atom is -0.506 e. The Morgan fingerprint density at radius 3 is 2.92 bits per heavy atom. The van der Waals surface area contributed by atoms with Gasteiger partial charge in [-0.1, -0.05) is 11.3 Å². The summed E-state index contributed by atoms with van der Waals surface area (Å²) in [5.41, 5.74) is 1.96. The monoisotopic (exact) mass is 336 g/mol. The highest BCUT2D eigenvalue weighted by molar-refractivity contribution is 7.21. The van der Waals surface area contributed by atoms with Crippen LogP contribution in [-0.4, -0.2) is 22.2 Å². The number of hydrogen-bond donors (Lipinski definition) is 1. The summed E-state index contributed by atoms with van der Waals surface area (Å²) in [6.07, 6.45) is 1.63. The lowest BCUT2D eigenvalue weighted by atomic mass is 10.2. The van der Waals surface area contributed by atoms with Crippen LogP contribution in [0.2, 0.25) is 0 Å². The number of azo groups is 1. The summed E-state index contributed by atoms with van der Waals surface area (Å²) in [6.45, 7) is 0. The Balaban J connectivity index is 1.74. The first kappa shape index (κ1) is 14.5. The lowest BCUT2D eigenvalue weighted by Gasteiger charge is -2.01. The van der Waals surface area contributed by atoms with Gasteiger partial charge in [0.25, 0.3) is 0 Å². The van der Waals surface area contributed by atoms with Gasteiger partial charge >= 0.3 is 0 Å². The lowest BCUT2D eigenvalue weighted by molar-refractivity contribution is 0.415. The van der Waals surface area contributed by atoms with E-state index in [4.69, 9.17) is 4.74 Å². The van der Waals surface area contributed by atoms with Gasteiger partial charge in [0.15, 0.2) is 0 Å². The van der Waals surface area contributed by atoms with Crippen molar-refractivity contribution >= 4 is 43.3 Å². The molecule has 0 aliphatic rings. The number of hydrogen-bond acceptors (Lipinski definition) is 7. The Bertz CT molecular complexity index is 1070. The molecular weight excluding hydrogens is 324 g/mol. The molecule has 4 aromatic rings.